The van der Waals surface area contributed by atoms with Gasteiger partial charge in [-0.15, -0.1) is 0 Å². The van der Waals surface area contributed by atoms with Crippen molar-refractivity contribution in [3.63, 3.8) is 0 Å². The van der Waals surface area contributed by atoms with Gasteiger partial charge in [-0.05, 0) is 25.1 Å². The predicted molar refractivity (Wildman–Crippen MR) is 55.9 cm³/mol. The summed E-state index contributed by atoms with van der Waals surface area (Å²) in [7, 11) is 0. The molecule has 2 aromatic rings. The van der Waals surface area contributed by atoms with Gasteiger partial charge in [0, 0.05) is 11.9 Å². The Kier molecular flexibility index (Phi) is 2.69. The second-order valence-corrected chi connectivity index (χ2v) is 3.19. The molecule has 15 heavy (non-hydrogen) atoms. The van der Waals surface area contributed by atoms with Crippen LogP contribution in [0.3, 0.4) is 0 Å². The number of aromatic nitrogens is 3. The van der Waals surface area contributed by atoms with E-state index in [0.29, 0.717) is 11.5 Å². The van der Waals surface area contributed by atoms with Gasteiger partial charge in [-0.25, -0.2) is 15.0 Å². The minimum atomic E-state index is -0.0820. The fraction of sp³-hybridized carbons (Fsp3) is 0.182. The molecule has 0 aromatic carbocycles. The number of hydrogen-bond donors (Lipinski definition) is 1. The molecule has 0 aliphatic rings. The lowest BCUT2D eigenvalue weighted by molar-refractivity contribution is 0.277. The number of pyridine rings is 1. The predicted octanol–water partition coefficient (Wildman–Crippen LogP) is 1.34. The zero-order valence-corrected chi connectivity index (χ0v) is 8.38. The second kappa shape index (κ2) is 4.14. The van der Waals surface area contributed by atoms with Gasteiger partial charge >= 0.3 is 0 Å². The number of aliphatic hydroxyl groups is 1. The lowest BCUT2D eigenvalue weighted by atomic mass is 10.3. The minimum Gasteiger partial charge on any atom is -0.390 e. The van der Waals surface area contributed by atoms with Gasteiger partial charge in [0.2, 0.25) is 0 Å². The highest BCUT2D eigenvalue weighted by Crippen LogP contribution is 2.11. The van der Waals surface area contributed by atoms with Crippen LogP contribution >= 0.6 is 0 Å². The van der Waals surface area contributed by atoms with E-state index in [1.165, 1.54) is 0 Å². The average Bonchev–Trinajstić information content (AvgIpc) is 2.29. The highest BCUT2D eigenvalue weighted by molar-refractivity contribution is 5.48. The summed E-state index contributed by atoms with van der Waals surface area (Å²) in [5, 5.41) is 8.95. The number of aliphatic hydroxyl groups excluding tert-OH is 1. The van der Waals surface area contributed by atoms with E-state index in [4.69, 9.17) is 5.11 Å². The quantitative estimate of drug-likeness (QED) is 0.796. The SMILES string of the molecule is Cc1cccc(-c2nccc(CO)n2)n1. The zero-order valence-electron chi connectivity index (χ0n) is 8.38. The van der Waals surface area contributed by atoms with E-state index in [1.54, 1.807) is 12.3 Å². The molecule has 2 heterocycles. The average molecular weight is 201 g/mol. The van der Waals surface area contributed by atoms with E-state index >= 15 is 0 Å². The minimum absolute atomic E-state index is 0.0820. The van der Waals surface area contributed by atoms with E-state index in [2.05, 4.69) is 15.0 Å². The molecule has 0 aliphatic heterocycles. The Balaban J connectivity index is 2.44. The Morgan fingerprint density at radius 1 is 1.20 bits per heavy atom. The van der Waals surface area contributed by atoms with Crippen molar-refractivity contribution in [2.45, 2.75) is 13.5 Å². The van der Waals surface area contributed by atoms with Crippen molar-refractivity contribution >= 4 is 0 Å². The summed E-state index contributed by atoms with van der Waals surface area (Å²) >= 11 is 0. The van der Waals surface area contributed by atoms with Crippen LogP contribution in [-0.2, 0) is 6.61 Å². The van der Waals surface area contributed by atoms with E-state index in [-0.39, 0.29) is 6.61 Å². The first-order valence-electron chi connectivity index (χ1n) is 4.66. The standard InChI is InChI=1S/C11H11N3O/c1-8-3-2-4-10(13-8)11-12-6-5-9(7-15)14-11/h2-6,15H,7H2,1H3. The van der Waals surface area contributed by atoms with E-state index in [0.717, 1.165) is 11.4 Å². The molecule has 0 spiro atoms. The van der Waals surface area contributed by atoms with E-state index in [9.17, 15) is 0 Å². The van der Waals surface area contributed by atoms with Gasteiger partial charge in [-0.1, -0.05) is 6.07 Å². The summed E-state index contributed by atoms with van der Waals surface area (Å²) in [6.45, 7) is 1.83. The molecule has 0 bridgehead atoms. The van der Waals surface area contributed by atoms with Crippen LogP contribution in [0.4, 0.5) is 0 Å². The van der Waals surface area contributed by atoms with Crippen molar-refractivity contribution in [3.05, 3.63) is 41.9 Å². The van der Waals surface area contributed by atoms with Crippen molar-refractivity contribution < 1.29 is 5.11 Å². The number of aryl methyl sites for hydroxylation is 1. The summed E-state index contributed by atoms with van der Waals surface area (Å²) in [6, 6.07) is 7.36. The van der Waals surface area contributed by atoms with Crippen LogP contribution in [0.1, 0.15) is 11.4 Å². The molecule has 0 aliphatic carbocycles. The normalized spacial score (nSPS) is 10.3. The Bertz CT molecular complexity index is 471. The van der Waals surface area contributed by atoms with Crippen molar-refractivity contribution in [2.24, 2.45) is 0 Å². The Morgan fingerprint density at radius 3 is 2.80 bits per heavy atom. The molecule has 0 saturated heterocycles. The maximum absolute atomic E-state index is 8.95. The summed E-state index contributed by atoms with van der Waals surface area (Å²) in [4.78, 5) is 12.6. The van der Waals surface area contributed by atoms with Crippen molar-refractivity contribution in [2.75, 3.05) is 0 Å². The van der Waals surface area contributed by atoms with E-state index in [1.807, 2.05) is 25.1 Å². The summed E-state index contributed by atoms with van der Waals surface area (Å²) in [5.41, 5.74) is 2.25. The lowest BCUT2D eigenvalue weighted by Crippen LogP contribution is -1.96. The highest BCUT2D eigenvalue weighted by atomic mass is 16.3. The molecule has 2 rings (SSSR count). The third-order valence-electron chi connectivity index (χ3n) is 1.99. The molecule has 0 amide bonds. The van der Waals surface area contributed by atoms with Crippen LogP contribution < -0.4 is 0 Å². The number of hydrogen-bond acceptors (Lipinski definition) is 4. The van der Waals surface area contributed by atoms with E-state index < -0.39 is 0 Å². The topological polar surface area (TPSA) is 58.9 Å². The number of rotatable bonds is 2. The van der Waals surface area contributed by atoms with Crippen LogP contribution in [0.5, 0.6) is 0 Å². The summed E-state index contributed by atoms with van der Waals surface area (Å²) < 4.78 is 0. The molecule has 0 unspecified atom stereocenters. The van der Waals surface area contributed by atoms with Crippen LogP contribution in [0.25, 0.3) is 11.5 Å². The highest BCUT2D eigenvalue weighted by Gasteiger charge is 2.03. The van der Waals surface area contributed by atoms with Crippen molar-refractivity contribution in [1.82, 2.24) is 15.0 Å². The molecule has 1 N–H and O–H groups in total. The fourth-order valence-corrected chi connectivity index (χ4v) is 1.28. The first-order chi connectivity index (χ1) is 7.29. The molecule has 0 fully saturated rings. The summed E-state index contributed by atoms with van der Waals surface area (Å²) in [5.74, 6) is 0.547. The molecule has 76 valence electrons. The lowest BCUT2D eigenvalue weighted by Gasteiger charge is -2.01. The fourth-order valence-electron chi connectivity index (χ4n) is 1.28. The second-order valence-electron chi connectivity index (χ2n) is 3.19. The van der Waals surface area contributed by atoms with Gasteiger partial charge < -0.3 is 5.11 Å². The van der Waals surface area contributed by atoms with Gasteiger partial charge in [-0.2, -0.15) is 0 Å². The van der Waals surface area contributed by atoms with Crippen molar-refractivity contribution in [3.8, 4) is 11.5 Å². The third-order valence-corrected chi connectivity index (χ3v) is 1.99. The Hall–Kier alpha value is -1.81. The molecular weight excluding hydrogens is 190 g/mol. The van der Waals surface area contributed by atoms with Crippen LogP contribution in [0.15, 0.2) is 30.5 Å². The van der Waals surface area contributed by atoms with Crippen LogP contribution in [0.2, 0.25) is 0 Å². The first-order valence-corrected chi connectivity index (χ1v) is 4.66. The van der Waals surface area contributed by atoms with Gasteiger partial charge in [0.15, 0.2) is 5.82 Å². The summed E-state index contributed by atoms with van der Waals surface area (Å²) in [6.07, 6.45) is 1.62. The maximum Gasteiger partial charge on any atom is 0.178 e. The Morgan fingerprint density at radius 2 is 2.07 bits per heavy atom. The van der Waals surface area contributed by atoms with Gasteiger partial charge in [-0.3, -0.25) is 0 Å². The van der Waals surface area contributed by atoms with Gasteiger partial charge in [0.05, 0.1) is 12.3 Å². The molecule has 2 aromatic heterocycles. The van der Waals surface area contributed by atoms with Gasteiger partial charge in [0.25, 0.3) is 0 Å². The smallest absolute Gasteiger partial charge is 0.178 e. The molecule has 0 radical (unpaired) electrons. The van der Waals surface area contributed by atoms with Crippen LogP contribution in [-0.4, -0.2) is 20.1 Å². The monoisotopic (exact) mass is 201 g/mol. The van der Waals surface area contributed by atoms with Gasteiger partial charge in [0.1, 0.15) is 5.69 Å². The third kappa shape index (κ3) is 2.16. The maximum atomic E-state index is 8.95. The first kappa shape index (κ1) is 9.73. The molecule has 4 heteroatoms. The zero-order chi connectivity index (χ0) is 10.7. The molecular formula is C11H11N3O. The van der Waals surface area contributed by atoms with Crippen molar-refractivity contribution in [1.29, 1.82) is 0 Å². The Labute approximate surface area is 87.7 Å². The molecule has 0 saturated carbocycles. The molecule has 4 nitrogen and oxygen atoms in total. The number of nitrogens with zero attached hydrogens (tertiary/aromatic N) is 3. The van der Waals surface area contributed by atoms with Crippen LogP contribution in [0, 0.1) is 6.92 Å². The molecule has 0 atom stereocenters. The largest absolute Gasteiger partial charge is 0.390 e.